The number of halogens is 1. The van der Waals surface area contributed by atoms with Crippen LogP contribution in [0.2, 0.25) is 0 Å². The van der Waals surface area contributed by atoms with Crippen LogP contribution in [0.25, 0.3) is 0 Å². The number of aromatic nitrogens is 2. The van der Waals surface area contributed by atoms with Gasteiger partial charge in [-0.1, -0.05) is 28.1 Å². The molecule has 1 aliphatic carbocycles. The number of hydrogen-bond donors (Lipinski definition) is 1. The van der Waals surface area contributed by atoms with Gasteiger partial charge in [0.15, 0.2) is 0 Å². The number of aryl methyl sites for hydroxylation is 1. The van der Waals surface area contributed by atoms with E-state index in [1.54, 1.807) is 0 Å². The van der Waals surface area contributed by atoms with Gasteiger partial charge in [-0.15, -0.1) is 0 Å². The number of hydrogen-bond acceptors (Lipinski definition) is 2. The van der Waals surface area contributed by atoms with E-state index in [4.69, 9.17) is 0 Å². The fourth-order valence-corrected chi connectivity index (χ4v) is 2.55. The Kier molecular flexibility index (Phi) is 3.35. The van der Waals surface area contributed by atoms with Crippen LogP contribution in [-0.2, 0) is 0 Å². The fraction of sp³-hybridized carbons (Fsp3) is 0.400. The highest BCUT2D eigenvalue weighted by atomic mass is 79.9. The predicted molar refractivity (Wildman–Crippen MR) is 81.4 cm³/mol. The third kappa shape index (κ3) is 2.84. The Morgan fingerprint density at radius 2 is 2.00 bits per heavy atom. The first-order valence-corrected chi connectivity index (χ1v) is 7.50. The minimum atomic E-state index is 0.257. The molecule has 1 unspecified atom stereocenters. The van der Waals surface area contributed by atoms with Gasteiger partial charge in [0.05, 0.1) is 11.7 Å². The van der Waals surface area contributed by atoms with Crippen LogP contribution in [0.1, 0.15) is 43.1 Å². The molecule has 1 fully saturated rings. The second kappa shape index (κ2) is 5.00. The number of benzene rings is 1. The minimum absolute atomic E-state index is 0.257. The van der Waals surface area contributed by atoms with Crippen molar-refractivity contribution in [3.63, 3.8) is 0 Å². The van der Waals surface area contributed by atoms with Crippen LogP contribution in [0.3, 0.4) is 0 Å². The van der Waals surface area contributed by atoms with Crippen molar-refractivity contribution in [1.29, 1.82) is 0 Å². The second-order valence-corrected chi connectivity index (χ2v) is 6.18. The van der Waals surface area contributed by atoms with E-state index < -0.39 is 0 Å². The number of imidazole rings is 1. The van der Waals surface area contributed by atoms with Gasteiger partial charge in [0.1, 0.15) is 0 Å². The van der Waals surface area contributed by atoms with Crippen molar-refractivity contribution in [2.24, 2.45) is 0 Å². The maximum Gasteiger partial charge on any atom is 0.203 e. The molecule has 3 nitrogen and oxygen atoms in total. The first kappa shape index (κ1) is 12.7. The Morgan fingerprint density at radius 3 is 2.63 bits per heavy atom. The van der Waals surface area contributed by atoms with E-state index in [0.29, 0.717) is 6.04 Å². The molecule has 1 aromatic heterocycles. The lowest BCUT2D eigenvalue weighted by Crippen LogP contribution is -2.11. The van der Waals surface area contributed by atoms with Crippen molar-refractivity contribution in [3.05, 3.63) is 46.2 Å². The molecular formula is C15H18BrN3. The largest absolute Gasteiger partial charge is 0.349 e. The summed E-state index contributed by atoms with van der Waals surface area (Å²) in [4.78, 5) is 4.60. The van der Waals surface area contributed by atoms with Gasteiger partial charge in [0, 0.05) is 16.7 Å². The zero-order chi connectivity index (χ0) is 13.4. The Morgan fingerprint density at radius 1 is 1.32 bits per heavy atom. The molecule has 4 heteroatoms. The molecule has 1 aliphatic rings. The molecule has 0 bridgehead atoms. The van der Waals surface area contributed by atoms with Crippen LogP contribution < -0.4 is 5.32 Å². The van der Waals surface area contributed by atoms with Gasteiger partial charge >= 0.3 is 0 Å². The highest BCUT2D eigenvalue weighted by Gasteiger charge is 2.26. The molecule has 1 saturated carbocycles. The Labute approximate surface area is 122 Å². The molecule has 0 saturated heterocycles. The van der Waals surface area contributed by atoms with Gasteiger partial charge in [-0.05, 0) is 44.4 Å². The summed E-state index contributed by atoms with van der Waals surface area (Å²) >= 11 is 3.47. The maximum absolute atomic E-state index is 4.60. The van der Waals surface area contributed by atoms with Crippen LogP contribution in [0, 0.1) is 6.92 Å². The van der Waals surface area contributed by atoms with Gasteiger partial charge < -0.3 is 9.88 Å². The van der Waals surface area contributed by atoms with Gasteiger partial charge in [-0.3, -0.25) is 0 Å². The molecule has 0 spiro atoms. The van der Waals surface area contributed by atoms with Crippen LogP contribution in [0.15, 0.2) is 34.9 Å². The Bertz CT molecular complexity index is 570. The monoisotopic (exact) mass is 319 g/mol. The normalized spacial score (nSPS) is 16.4. The zero-order valence-electron chi connectivity index (χ0n) is 11.2. The smallest absolute Gasteiger partial charge is 0.203 e. The number of nitrogens with one attached hydrogen (secondary N) is 1. The summed E-state index contributed by atoms with van der Waals surface area (Å²) < 4.78 is 3.39. The van der Waals surface area contributed by atoms with Gasteiger partial charge in [-0.25, -0.2) is 4.98 Å². The third-order valence-corrected chi connectivity index (χ3v) is 4.04. The first-order chi connectivity index (χ1) is 9.13. The quantitative estimate of drug-likeness (QED) is 0.901. The molecule has 1 heterocycles. The van der Waals surface area contributed by atoms with Crippen LogP contribution >= 0.6 is 15.9 Å². The summed E-state index contributed by atoms with van der Waals surface area (Å²) in [7, 11) is 0. The number of anilines is 1. The van der Waals surface area contributed by atoms with E-state index >= 15 is 0 Å². The zero-order valence-corrected chi connectivity index (χ0v) is 12.8. The molecule has 2 aromatic rings. The molecular weight excluding hydrogens is 302 g/mol. The third-order valence-electron chi connectivity index (χ3n) is 3.51. The SMILES string of the molecule is Cc1cn(C2CC2)c(NC(C)c2ccc(Br)cc2)n1. The highest BCUT2D eigenvalue weighted by Crippen LogP contribution is 2.38. The summed E-state index contributed by atoms with van der Waals surface area (Å²) in [5.74, 6) is 0.996. The summed E-state index contributed by atoms with van der Waals surface area (Å²) in [5.41, 5.74) is 2.35. The van der Waals surface area contributed by atoms with Crippen LogP contribution in [-0.4, -0.2) is 9.55 Å². The lowest BCUT2D eigenvalue weighted by Gasteiger charge is -2.16. The predicted octanol–water partition coefficient (Wildman–Crippen LogP) is 4.46. The highest BCUT2D eigenvalue weighted by molar-refractivity contribution is 9.10. The number of nitrogens with zero attached hydrogens (tertiary/aromatic N) is 2. The average molecular weight is 320 g/mol. The first-order valence-electron chi connectivity index (χ1n) is 6.71. The lowest BCUT2D eigenvalue weighted by atomic mass is 10.1. The van der Waals surface area contributed by atoms with Crippen LogP contribution in [0.5, 0.6) is 0 Å². The molecule has 1 N–H and O–H groups in total. The van der Waals surface area contributed by atoms with Gasteiger partial charge in [0.25, 0.3) is 0 Å². The standard InChI is InChI=1S/C15H18BrN3/c1-10-9-19(14-7-8-14)15(17-10)18-11(2)12-3-5-13(16)6-4-12/h3-6,9,11,14H,7-8H2,1-2H3,(H,17,18). The molecule has 100 valence electrons. The van der Waals surface area contributed by atoms with Gasteiger partial charge in [-0.2, -0.15) is 0 Å². The topological polar surface area (TPSA) is 29.9 Å². The maximum atomic E-state index is 4.60. The van der Waals surface area contributed by atoms with E-state index in [0.717, 1.165) is 16.1 Å². The summed E-state index contributed by atoms with van der Waals surface area (Å²) in [5, 5.41) is 3.52. The van der Waals surface area contributed by atoms with E-state index in [-0.39, 0.29) is 6.04 Å². The molecule has 0 radical (unpaired) electrons. The van der Waals surface area contributed by atoms with Crippen molar-refractivity contribution < 1.29 is 0 Å². The lowest BCUT2D eigenvalue weighted by molar-refractivity contribution is 0.727. The van der Waals surface area contributed by atoms with Crippen molar-refractivity contribution in [2.75, 3.05) is 5.32 Å². The Balaban J connectivity index is 1.78. The molecule has 1 atom stereocenters. The van der Waals surface area contributed by atoms with Crippen molar-refractivity contribution in [1.82, 2.24) is 9.55 Å². The van der Waals surface area contributed by atoms with Crippen LogP contribution in [0.4, 0.5) is 5.95 Å². The average Bonchev–Trinajstić information content (AvgIpc) is 3.15. The van der Waals surface area contributed by atoms with Crippen molar-refractivity contribution in [2.45, 2.75) is 38.8 Å². The second-order valence-electron chi connectivity index (χ2n) is 5.26. The van der Waals surface area contributed by atoms with E-state index in [9.17, 15) is 0 Å². The molecule has 0 amide bonds. The summed E-state index contributed by atoms with van der Waals surface area (Å²) in [6.45, 7) is 4.22. The molecule has 0 aliphatic heterocycles. The van der Waals surface area contributed by atoms with E-state index in [1.807, 2.05) is 6.92 Å². The molecule has 1 aromatic carbocycles. The Hall–Kier alpha value is -1.29. The fourth-order valence-electron chi connectivity index (χ4n) is 2.28. The summed E-state index contributed by atoms with van der Waals surface area (Å²) in [6, 6.07) is 9.34. The molecule has 3 rings (SSSR count). The molecule has 19 heavy (non-hydrogen) atoms. The summed E-state index contributed by atoms with van der Waals surface area (Å²) in [6.07, 6.45) is 4.70. The van der Waals surface area contributed by atoms with Gasteiger partial charge in [0.2, 0.25) is 5.95 Å². The van der Waals surface area contributed by atoms with E-state index in [2.05, 4.69) is 68.2 Å². The van der Waals surface area contributed by atoms with E-state index in [1.165, 1.54) is 18.4 Å². The van der Waals surface area contributed by atoms with Crippen molar-refractivity contribution in [3.8, 4) is 0 Å². The number of rotatable bonds is 4. The minimum Gasteiger partial charge on any atom is -0.349 e. The van der Waals surface area contributed by atoms with Crippen molar-refractivity contribution >= 4 is 21.9 Å².